The number of amides is 1. The second kappa shape index (κ2) is 6.85. The zero-order valence-electron chi connectivity index (χ0n) is 16.2. The molecule has 5 fully saturated rings. The molecule has 0 aromatic carbocycles. The normalized spacial score (nSPS) is 32.6. The highest BCUT2D eigenvalue weighted by Crippen LogP contribution is 2.43. The van der Waals surface area contributed by atoms with E-state index in [1.807, 2.05) is 4.90 Å². The molecule has 1 aromatic heterocycles. The average molecular weight is 413 g/mol. The fourth-order valence-corrected chi connectivity index (χ4v) is 5.86. The van der Waals surface area contributed by atoms with E-state index in [-0.39, 0.29) is 23.4 Å². The van der Waals surface area contributed by atoms with Gasteiger partial charge in [0.15, 0.2) is 0 Å². The molecule has 0 radical (unpaired) electrons. The van der Waals surface area contributed by atoms with Gasteiger partial charge in [0, 0.05) is 31.6 Å². The number of nitrogens with one attached hydrogen (secondary N) is 1. The minimum atomic E-state index is -4.59. The van der Waals surface area contributed by atoms with Crippen molar-refractivity contribution in [2.45, 2.75) is 63.2 Å². The van der Waals surface area contributed by atoms with Gasteiger partial charge in [0.25, 0.3) is 5.82 Å². The molecule has 1 amide bonds. The Bertz CT molecular complexity index is 774. The summed E-state index contributed by atoms with van der Waals surface area (Å²) in [5.41, 5.74) is 0.126. The first-order valence-corrected chi connectivity index (χ1v) is 10.5. The van der Waals surface area contributed by atoms with Gasteiger partial charge in [-0.2, -0.15) is 18.2 Å². The van der Waals surface area contributed by atoms with Crippen LogP contribution in [0.1, 0.15) is 50.8 Å². The number of carbonyl (C=O) groups is 1. The Morgan fingerprint density at radius 2 is 2.00 bits per heavy atom. The summed E-state index contributed by atoms with van der Waals surface area (Å²) in [4.78, 5) is 19.8. The fraction of sp³-hybridized carbons (Fsp3) is 0.842. The van der Waals surface area contributed by atoms with Crippen molar-refractivity contribution < 1.29 is 22.5 Å². The third-order valence-corrected chi connectivity index (χ3v) is 7.48. The van der Waals surface area contributed by atoms with Crippen molar-refractivity contribution in [1.82, 2.24) is 20.4 Å². The van der Waals surface area contributed by atoms with Crippen LogP contribution >= 0.6 is 0 Å². The molecule has 29 heavy (non-hydrogen) atoms. The number of alkyl halides is 3. The van der Waals surface area contributed by atoms with Crippen molar-refractivity contribution in [3.63, 3.8) is 0 Å². The Balaban J connectivity index is 1.27. The summed E-state index contributed by atoms with van der Waals surface area (Å²) in [6.45, 7) is 3.43. The predicted molar refractivity (Wildman–Crippen MR) is 97.0 cm³/mol. The highest BCUT2D eigenvalue weighted by Gasteiger charge is 2.47. The quantitative estimate of drug-likeness (QED) is 0.803. The molecule has 5 aliphatic rings. The maximum atomic E-state index is 12.9. The lowest BCUT2D eigenvalue weighted by molar-refractivity contribution is -0.146. The van der Waals surface area contributed by atoms with Gasteiger partial charge < -0.3 is 14.7 Å². The van der Waals surface area contributed by atoms with E-state index in [4.69, 9.17) is 4.52 Å². The van der Waals surface area contributed by atoms with Gasteiger partial charge >= 0.3 is 12.2 Å². The molecule has 5 heterocycles. The van der Waals surface area contributed by atoms with E-state index in [0.29, 0.717) is 24.9 Å². The second-order valence-corrected chi connectivity index (χ2v) is 9.19. The number of hydrogen-bond acceptors (Lipinski definition) is 6. The third-order valence-electron chi connectivity index (χ3n) is 7.48. The van der Waals surface area contributed by atoms with E-state index >= 15 is 0 Å². The van der Waals surface area contributed by atoms with Gasteiger partial charge in [-0.15, -0.1) is 0 Å². The van der Waals surface area contributed by atoms with E-state index in [1.165, 1.54) is 0 Å². The maximum Gasteiger partial charge on any atom is 0.455 e. The number of aromatic nitrogens is 2. The Kier molecular flexibility index (Phi) is 4.52. The van der Waals surface area contributed by atoms with Crippen LogP contribution < -0.4 is 10.2 Å². The van der Waals surface area contributed by atoms with Crippen molar-refractivity contribution in [1.29, 1.82) is 0 Å². The van der Waals surface area contributed by atoms with Gasteiger partial charge in [-0.3, -0.25) is 9.69 Å². The first kappa shape index (κ1) is 19.1. The smallest absolute Gasteiger partial charge is 0.356 e. The molecule has 7 nitrogen and oxygen atoms in total. The lowest BCUT2D eigenvalue weighted by Crippen LogP contribution is -2.56. The van der Waals surface area contributed by atoms with Gasteiger partial charge in [-0.25, -0.2) is 0 Å². The number of fused-ring (bicyclic) bond motifs is 4. The number of rotatable bonds is 2. The van der Waals surface area contributed by atoms with E-state index in [0.717, 1.165) is 58.2 Å². The van der Waals surface area contributed by atoms with Crippen LogP contribution in [0.25, 0.3) is 0 Å². The number of anilines is 1. The van der Waals surface area contributed by atoms with Crippen molar-refractivity contribution in [2.24, 2.45) is 11.3 Å². The fourth-order valence-electron chi connectivity index (χ4n) is 5.86. The minimum Gasteiger partial charge on any atom is -0.356 e. The highest BCUT2D eigenvalue weighted by molar-refractivity contribution is 5.79. The Morgan fingerprint density at radius 1 is 1.21 bits per heavy atom. The molecule has 2 bridgehead atoms. The Morgan fingerprint density at radius 3 is 2.66 bits per heavy atom. The number of halogens is 3. The first-order valence-electron chi connectivity index (χ1n) is 10.5. The average Bonchev–Trinajstić information content (AvgIpc) is 3.19. The molecule has 3 unspecified atom stereocenters. The van der Waals surface area contributed by atoms with Crippen LogP contribution in [0.5, 0.6) is 0 Å². The van der Waals surface area contributed by atoms with Gasteiger partial charge in [0.2, 0.25) is 5.91 Å². The number of hydrogen-bond donors (Lipinski definition) is 1. The summed E-state index contributed by atoms with van der Waals surface area (Å²) >= 11 is 0. The summed E-state index contributed by atoms with van der Waals surface area (Å²) < 4.78 is 43.6. The van der Waals surface area contributed by atoms with Crippen LogP contribution in [-0.2, 0) is 11.0 Å². The van der Waals surface area contributed by atoms with E-state index in [9.17, 15) is 18.0 Å². The van der Waals surface area contributed by atoms with Crippen molar-refractivity contribution in [3.8, 4) is 0 Å². The molecular weight excluding hydrogens is 387 g/mol. The van der Waals surface area contributed by atoms with Crippen LogP contribution in [0, 0.1) is 11.3 Å². The molecule has 1 saturated carbocycles. The largest absolute Gasteiger partial charge is 0.455 e. The number of likely N-dealkylation sites (tertiary alicyclic amines) is 1. The second-order valence-electron chi connectivity index (χ2n) is 9.19. The third kappa shape index (κ3) is 3.49. The molecular formula is C19H26F3N5O2. The van der Waals surface area contributed by atoms with Gasteiger partial charge in [-0.1, -0.05) is 6.42 Å². The van der Waals surface area contributed by atoms with Crippen molar-refractivity contribution in [3.05, 3.63) is 5.82 Å². The predicted octanol–water partition coefficient (Wildman–Crippen LogP) is 2.44. The van der Waals surface area contributed by atoms with Gasteiger partial charge in [-0.05, 0) is 61.7 Å². The zero-order valence-corrected chi connectivity index (χ0v) is 16.2. The van der Waals surface area contributed by atoms with Gasteiger partial charge in [0.1, 0.15) is 0 Å². The van der Waals surface area contributed by atoms with Crippen molar-refractivity contribution >= 4 is 11.9 Å². The molecule has 4 aliphatic heterocycles. The number of carbonyl (C=O) groups excluding carboxylic acids is 1. The van der Waals surface area contributed by atoms with Crippen LogP contribution in [0.15, 0.2) is 4.52 Å². The molecule has 3 atom stereocenters. The molecule has 1 aliphatic carbocycles. The molecule has 160 valence electrons. The highest BCUT2D eigenvalue weighted by atomic mass is 19.4. The summed E-state index contributed by atoms with van der Waals surface area (Å²) in [7, 11) is 0. The summed E-state index contributed by atoms with van der Waals surface area (Å²) in [5.74, 6) is -0.655. The van der Waals surface area contributed by atoms with E-state index in [1.54, 1.807) is 0 Å². The maximum absolute atomic E-state index is 12.9. The van der Waals surface area contributed by atoms with Crippen LogP contribution in [0.4, 0.5) is 19.2 Å². The molecule has 10 heteroatoms. The van der Waals surface area contributed by atoms with E-state index in [2.05, 4.69) is 20.4 Å². The lowest BCUT2D eigenvalue weighted by Gasteiger charge is -2.48. The molecule has 1 aromatic rings. The Hall–Kier alpha value is -1.84. The van der Waals surface area contributed by atoms with Crippen LogP contribution in [0.2, 0.25) is 0 Å². The molecule has 6 rings (SSSR count). The summed E-state index contributed by atoms with van der Waals surface area (Å²) in [5, 5.41) is 6.12. The van der Waals surface area contributed by atoms with Crippen molar-refractivity contribution in [2.75, 3.05) is 31.1 Å². The molecule has 1 spiro atoms. The standard InChI is InChI=1S/C19H26F3N5O2/c20-19(21,22)16-24-17(29-25-16)27-10-12-2-1-3-13(27)8-14(12)26-6-4-18(5-7-26)9-15(28)23-11-18/h12-14H,1-11H2,(H,23,28). The lowest BCUT2D eigenvalue weighted by atomic mass is 9.76. The Labute approximate surface area is 167 Å². The number of piperidine rings is 2. The zero-order chi connectivity index (χ0) is 20.2. The monoisotopic (exact) mass is 413 g/mol. The molecule has 1 N–H and O–H groups in total. The first-order chi connectivity index (χ1) is 13.8. The minimum absolute atomic E-state index is 0.000754. The van der Waals surface area contributed by atoms with E-state index < -0.39 is 12.0 Å². The van der Waals surface area contributed by atoms with Gasteiger partial charge in [0.05, 0.1) is 0 Å². The summed E-state index contributed by atoms with van der Waals surface area (Å²) in [6.07, 6.45) is 2.10. The molecule has 4 saturated heterocycles. The topological polar surface area (TPSA) is 74.5 Å². The summed E-state index contributed by atoms with van der Waals surface area (Å²) in [6, 6.07) is 0.567. The van der Waals surface area contributed by atoms with Crippen LogP contribution in [0.3, 0.4) is 0 Å². The number of nitrogens with zero attached hydrogens (tertiary/aromatic N) is 4. The van der Waals surface area contributed by atoms with Crippen LogP contribution in [-0.4, -0.2) is 59.2 Å². The SMILES string of the molecule is O=C1CC2(CCN(C3CC4CCCC3CN4c3nc(C(F)(F)F)no3)CC2)CN1.